The normalized spacial score (nSPS) is 19.2. The second kappa shape index (κ2) is 6.05. The highest BCUT2D eigenvalue weighted by Crippen LogP contribution is 2.33. The van der Waals surface area contributed by atoms with Crippen LogP contribution in [-0.4, -0.2) is 31.1 Å². The van der Waals surface area contributed by atoms with Crippen molar-refractivity contribution in [3.63, 3.8) is 0 Å². The van der Waals surface area contributed by atoms with E-state index in [0.717, 1.165) is 31.2 Å². The lowest BCUT2D eigenvalue weighted by atomic mass is 9.91. The number of rotatable bonds is 3. The number of nitrogens with zero attached hydrogens (tertiary/aromatic N) is 1. The summed E-state index contributed by atoms with van der Waals surface area (Å²) in [5.74, 6) is 0.597. The number of hydrogen-bond donors (Lipinski definition) is 1. The Balaban J connectivity index is 2.31. The van der Waals surface area contributed by atoms with Gasteiger partial charge in [0.1, 0.15) is 0 Å². The van der Waals surface area contributed by atoms with E-state index in [1.54, 1.807) is 0 Å². The van der Waals surface area contributed by atoms with E-state index in [9.17, 15) is 0 Å². The maximum Gasteiger partial charge on any atom is 0.0438 e. The molecule has 1 heterocycles. The predicted octanol–water partition coefficient (Wildman–Crippen LogP) is 3.25. The molecule has 2 nitrogen and oxygen atoms in total. The molecule has 1 aromatic rings. The summed E-state index contributed by atoms with van der Waals surface area (Å²) in [6, 6.07) is 6.76. The minimum Gasteiger partial charge on any atom is -0.314 e. The molecule has 1 N–H and O–H groups in total. The van der Waals surface area contributed by atoms with E-state index in [-0.39, 0.29) is 0 Å². The van der Waals surface area contributed by atoms with Crippen LogP contribution in [0.3, 0.4) is 0 Å². The smallest absolute Gasteiger partial charge is 0.0438 e. The summed E-state index contributed by atoms with van der Waals surface area (Å²) in [4.78, 5) is 2.58. The van der Waals surface area contributed by atoms with E-state index in [4.69, 9.17) is 11.6 Å². The summed E-state index contributed by atoms with van der Waals surface area (Å²) in [5, 5.41) is 4.30. The second-order valence-corrected chi connectivity index (χ2v) is 5.84. The fraction of sp³-hybridized carbons (Fsp3) is 0.600. The molecule has 1 fully saturated rings. The van der Waals surface area contributed by atoms with Crippen LogP contribution in [0.15, 0.2) is 18.2 Å². The summed E-state index contributed by atoms with van der Waals surface area (Å²) < 4.78 is 0. The van der Waals surface area contributed by atoms with Gasteiger partial charge in [-0.25, -0.2) is 0 Å². The van der Waals surface area contributed by atoms with Crippen molar-refractivity contribution in [3.05, 3.63) is 34.3 Å². The van der Waals surface area contributed by atoms with Crippen LogP contribution < -0.4 is 5.32 Å². The maximum absolute atomic E-state index is 6.27. The predicted molar refractivity (Wildman–Crippen MR) is 78.2 cm³/mol. The van der Waals surface area contributed by atoms with Gasteiger partial charge in [0.25, 0.3) is 0 Å². The van der Waals surface area contributed by atoms with Crippen molar-refractivity contribution in [1.29, 1.82) is 0 Å². The number of hydrogen-bond acceptors (Lipinski definition) is 2. The number of benzene rings is 1. The van der Waals surface area contributed by atoms with Crippen LogP contribution in [0.25, 0.3) is 0 Å². The first-order chi connectivity index (χ1) is 8.61. The Kier molecular flexibility index (Phi) is 4.66. The zero-order valence-electron chi connectivity index (χ0n) is 11.5. The van der Waals surface area contributed by atoms with Crippen molar-refractivity contribution in [3.8, 4) is 0 Å². The Hall–Kier alpha value is -0.570. The molecule has 3 heteroatoms. The third-order valence-electron chi connectivity index (χ3n) is 3.80. The van der Waals surface area contributed by atoms with E-state index in [0.29, 0.717) is 12.0 Å². The van der Waals surface area contributed by atoms with Crippen LogP contribution in [0, 0.1) is 12.8 Å². The lowest BCUT2D eigenvalue weighted by Gasteiger charge is -2.38. The van der Waals surface area contributed by atoms with Crippen LogP contribution in [0.2, 0.25) is 5.02 Å². The Labute approximate surface area is 115 Å². The highest BCUT2D eigenvalue weighted by molar-refractivity contribution is 6.31. The minimum atomic E-state index is 0.478. The monoisotopic (exact) mass is 266 g/mol. The third-order valence-corrected chi connectivity index (χ3v) is 4.21. The number of piperazine rings is 1. The van der Waals surface area contributed by atoms with Crippen molar-refractivity contribution >= 4 is 11.6 Å². The Morgan fingerprint density at radius 1 is 1.22 bits per heavy atom. The zero-order chi connectivity index (χ0) is 13.1. The minimum absolute atomic E-state index is 0.478. The average molecular weight is 267 g/mol. The van der Waals surface area contributed by atoms with Gasteiger partial charge in [-0.3, -0.25) is 4.90 Å². The van der Waals surface area contributed by atoms with Gasteiger partial charge in [0, 0.05) is 37.2 Å². The molecule has 1 saturated heterocycles. The molecule has 100 valence electrons. The SMILES string of the molecule is Cc1c(Cl)cccc1C(C(C)C)N1CCNCC1. The van der Waals surface area contributed by atoms with E-state index in [2.05, 4.69) is 43.1 Å². The Bertz CT molecular complexity index is 397. The van der Waals surface area contributed by atoms with Gasteiger partial charge in [-0.2, -0.15) is 0 Å². The summed E-state index contributed by atoms with van der Waals surface area (Å²) in [5.41, 5.74) is 2.62. The van der Waals surface area contributed by atoms with Gasteiger partial charge >= 0.3 is 0 Å². The van der Waals surface area contributed by atoms with Crippen LogP contribution >= 0.6 is 11.6 Å². The number of nitrogens with one attached hydrogen (secondary N) is 1. The summed E-state index contributed by atoms with van der Waals surface area (Å²) in [7, 11) is 0. The van der Waals surface area contributed by atoms with Crippen molar-refractivity contribution in [2.75, 3.05) is 26.2 Å². The van der Waals surface area contributed by atoms with Gasteiger partial charge in [-0.1, -0.05) is 37.6 Å². The molecule has 0 saturated carbocycles. The fourth-order valence-corrected chi connectivity index (χ4v) is 3.06. The Morgan fingerprint density at radius 3 is 2.50 bits per heavy atom. The largest absolute Gasteiger partial charge is 0.314 e. The molecule has 1 atom stereocenters. The maximum atomic E-state index is 6.27. The van der Waals surface area contributed by atoms with Crippen LogP contribution in [0.1, 0.15) is 31.0 Å². The molecule has 1 aliphatic rings. The highest BCUT2D eigenvalue weighted by atomic mass is 35.5. The molecular formula is C15H23ClN2. The van der Waals surface area contributed by atoms with Gasteiger partial charge in [-0.15, -0.1) is 0 Å². The lowest BCUT2D eigenvalue weighted by Crippen LogP contribution is -2.46. The van der Waals surface area contributed by atoms with Crippen LogP contribution in [0.4, 0.5) is 0 Å². The van der Waals surface area contributed by atoms with Gasteiger partial charge < -0.3 is 5.32 Å². The van der Waals surface area contributed by atoms with Crippen molar-refractivity contribution in [2.24, 2.45) is 5.92 Å². The molecule has 2 rings (SSSR count). The molecule has 18 heavy (non-hydrogen) atoms. The molecule has 0 aromatic heterocycles. The molecule has 0 aliphatic carbocycles. The molecule has 1 aromatic carbocycles. The zero-order valence-corrected chi connectivity index (χ0v) is 12.3. The van der Waals surface area contributed by atoms with Gasteiger partial charge in [0.2, 0.25) is 0 Å². The number of halogens is 1. The molecule has 0 radical (unpaired) electrons. The first kappa shape index (κ1) is 13.9. The quantitative estimate of drug-likeness (QED) is 0.904. The summed E-state index contributed by atoms with van der Waals surface area (Å²) in [6.07, 6.45) is 0. The Morgan fingerprint density at radius 2 is 1.89 bits per heavy atom. The fourth-order valence-electron chi connectivity index (χ4n) is 2.88. The molecular weight excluding hydrogens is 244 g/mol. The van der Waals surface area contributed by atoms with Crippen LogP contribution in [-0.2, 0) is 0 Å². The second-order valence-electron chi connectivity index (χ2n) is 5.43. The molecule has 0 spiro atoms. The van der Waals surface area contributed by atoms with Gasteiger partial charge in [0.15, 0.2) is 0 Å². The van der Waals surface area contributed by atoms with E-state index in [1.807, 2.05) is 6.07 Å². The van der Waals surface area contributed by atoms with E-state index in [1.165, 1.54) is 11.1 Å². The van der Waals surface area contributed by atoms with Crippen molar-refractivity contribution < 1.29 is 0 Å². The van der Waals surface area contributed by atoms with Gasteiger partial charge in [-0.05, 0) is 30.0 Å². The first-order valence-electron chi connectivity index (χ1n) is 6.81. The average Bonchev–Trinajstić information content (AvgIpc) is 2.36. The molecule has 1 aliphatic heterocycles. The standard InChI is InChI=1S/C15H23ClN2/c1-11(2)15(18-9-7-17-8-10-18)13-5-4-6-14(16)12(13)3/h4-6,11,15,17H,7-10H2,1-3H3. The highest BCUT2D eigenvalue weighted by Gasteiger charge is 2.26. The molecule has 1 unspecified atom stereocenters. The molecule has 0 bridgehead atoms. The topological polar surface area (TPSA) is 15.3 Å². The van der Waals surface area contributed by atoms with Crippen molar-refractivity contribution in [2.45, 2.75) is 26.8 Å². The lowest BCUT2D eigenvalue weighted by molar-refractivity contribution is 0.136. The van der Waals surface area contributed by atoms with E-state index < -0.39 is 0 Å². The van der Waals surface area contributed by atoms with Gasteiger partial charge in [0.05, 0.1) is 0 Å². The molecule has 0 amide bonds. The van der Waals surface area contributed by atoms with Crippen LogP contribution in [0.5, 0.6) is 0 Å². The van der Waals surface area contributed by atoms with Crippen molar-refractivity contribution in [1.82, 2.24) is 10.2 Å². The first-order valence-corrected chi connectivity index (χ1v) is 7.19. The summed E-state index contributed by atoms with van der Waals surface area (Å²) >= 11 is 6.27. The summed E-state index contributed by atoms with van der Waals surface area (Å²) in [6.45, 7) is 11.1. The van der Waals surface area contributed by atoms with E-state index >= 15 is 0 Å². The third kappa shape index (κ3) is 2.87.